The lowest BCUT2D eigenvalue weighted by atomic mass is 9.71. The van der Waals surface area contributed by atoms with Gasteiger partial charge in [0.1, 0.15) is 5.54 Å². The number of nitrogens with one attached hydrogen (secondary N) is 2. The van der Waals surface area contributed by atoms with Crippen LogP contribution in [0.2, 0.25) is 0 Å². The number of hydrogen-bond donors (Lipinski definition) is 3. The number of likely N-dealkylation sites (N-methyl/N-ethyl adjacent to an activating group) is 1. The van der Waals surface area contributed by atoms with E-state index in [0.29, 0.717) is 50.9 Å². The molecule has 0 radical (unpaired) electrons. The zero-order chi connectivity index (χ0) is 26.0. The second-order valence-corrected chi connectivity index (χ2v) is 9.81. The Balaban J connectivity index is 1.56. The van der Waals surface area contributed by atoms with Crippen molar-refractivity contribution in [2.45, 2.75) is 44.1 Å². The van der Waals surface area contributed by atoms with E-state index >= 15 is 0 Å². The van der Waals surface area contributed by atoms with Crippen LogP contribution < -0.4 is 10.6 Å². The monoisotopic (exact) mass is 506 g/mol. The quantitative estimate of drug-likeness (QED) is 0.541. The molecule has 0 aliphatic carbocycles. The van der Waals surface area contributed by atoms with Crippen LogP contribution in [0.25, 0.3) is 0 Å². The topological polar surface area (TPSA) is 119 Å². The summed E-state index contributed by atoms with van der Waals surface area (Å²) in [6, 6.07) is 3.43. The third-order valence-corrected chi connectivity index (χ3v) is 7.91. The highest BCUT2D eigenvalue weighted by Gasteiger charge is 2.57. The third-order valence-electron chi connectivity index (χ3n) is 7.91. The second kappa shape index (κ2) is 10.5. The first-order valence-corrected chi connectivity index (χ1v) is 12.4. The summed E-state index contributed by atoms with van der Waals surface area (Å²) >= 11 is 0. The minimum Gasteiger partial charge on any atom is -0.465 e. The van der Waals surface area contributed by atoms with Crippen LogP contribution in [0.3, 0.4) is 0 Å². The standard InChI is InChI=1S/C25H32F2N4O5/c1-2-31(24(35)36)25(14-28-13-18(25)16-3-5-19(26)20(27)11-16)22(33)15-7-9-30(10-8-15)23(34)17-4-6-21(32)29-12-17/h3,5,11,15,17-18,28H,2,4,6-10,12-14H2,1H3,(H,29,32)(H,35,36)/t17?,18-,25+/m0/s1. The van der Waals surface area contributed by atoms with Crippen molar-refractivity contribution in [2.24, 2.45) is 11.8 Å². The van der Waals surface area contributed by atoms with E-state index in [9.17, 15) is 33.1 Å². The Morgan fingerprint density at radius 3 is 2.42 bits per heavy atom. The average Bonchev–Trinajstić information content (AvgIpc) is 3.31. The van der Waals surface area contributed by atoms with Gasteiger partial charge in [-0.15, -0.1) is 0 Å². The van der Waals surface area contributed by atoms with Crippen LogP contribution in [0.4, 0.5) is 13.6 Å². The van der Waals surface area contributed by atoms with Crippen molar-refractivity contribution in [3.63, 3.8) is 0 Å². The molecule has 0 saturated carbocycles. The van der Waals surface area contributed by atoms with Gasteiger partial charge in [0.2, 0.25) is 11.8 Å². The highest BCUT2D eigenvalue weighted by molar-refractivity contribution is 5.95. The molecule has 11 heteroatoms. The van der Waals surface area contributed by atoms with Gasteiger partial charge in [0.15, 0.2) is 17.4 Å². The first kappa shape index (κ1) is 26.0. The molecule has 3 aliphatic rings. The number of halogens is 2. The number of carbonyl (C=O) groups excluding carboxylic acids is 3. The Hall–Kier alpha value is -3.08. The molecule has 3 N–H and O–H groups in total. The summed E-state index contributed by atoms with van der Waals surface area (Å²) in [5, 5.41) is 15.9. The number of ketones is 1. The first-order chi connectivity index (χ1) is 17.2. The normalized spacial score (nSPS) is 27.0. The molecular formula is C25H32F2N4O5. The molecule has 3 fully saturated rings. The summed E-state index contributed by atoms with van der Waals surface area (Å²) in [4.78, 5) is 53.6. The molecule has 1 aromatic rings. The van der Waals surface area contributed by atoms with E-state index in [1.54, 1.807) is 11.8 Å². The number of amides is 3. The molecule has 4 rings (SSSR count). The number of nitrogens with zero attached hydrogens (tertiary/aromatic N) is 2. The maximum atomic E-state index is 14.1. The van der Waals surface area contributed by atoms with E-state index < -0.39 is 35.1 Å². The van der Waals surface area contributed by atoms with Crippen molar-refractivity contribution in [1.82, 2.24) is 20.4 Å². The summed E-state index contributed by atoms with van der Waals surface area (Å²) < 4.78 is 27.7. The van der Waals surface area contributed by atoms with Gasteiger partial charge in [0.25, 0.3) is 0 Å². The van der Waals surface area contributed by atoms with Crippen LogP contribution in [0.5, 0.6) is 0 Å². The molecule has 36 heavy (non-hydrogen) atoms. The van der Waals surface area contributed by atoms with Crippen molar-refractivity contribution in [1.29, 1.82) is 0 Å². The molecule has 3 heterocycles. The fraction of sp³-hybridized carbons (Fsp3) is 0.600. The Labute approximate surface area is 208 Å². The maximum absolute atomic E-state index is 14.1. The van der Waals surface area contributed by atoms with Gasteiger partial charge < -0.3 is 20.6 Å². The smallest absolute Gasteiger partial charge is 0.408 e. The second-order valence-electron chi connectivity index (χ2n) is 9.81. The number of benzene rings is 1. The lowest BCUT2D eigenvalue weighted by Crippen LogP contribution is -2.63. The van der Waals surface area contributed by atoms with Gasteiger partial charge in [-0.3, -0.25) is 19.3 Å². The number of carboxylic acid groups (broad SMARTS) is 1. The highest BCUT2D eigenvalue weighted by Crippen LogP contribution is 2.41. The zero-order valence-corrected chi connectivity index (χ0v) is 20.3. The SMILES string of the molecule is CCN(C(=O)O)[C@]1(C(=O)C2CCN(C(=O)C3CCC(=O)NC3)CC2)CNC[C@H]1c1ccc(F)c(F)c1. The van der Waals surface area contributed by atoms with Gasteiger partial charge in [-0.25, -0.2) is 13.6 Å². The molecule has 196 valence electrons. The van der Waals surface area contributed by atoms with Gasteiger partial charge in [0.05, 0.1) is 5.92 Å². The van der Waals surface area contributed by atoms with E-state index in [2.05, 4.69) is 10.6 Å². The number of piperidine rings is 2. The van der Waals surface area contributed by atoms with Gasteiger partial charge in [-0.05, 0) is 43.9 Å². The van der Waals surface area contributed by atoms with Crippen LogP contribution in [-0.4, -0.2) is 83.4 Å². The van der Waals surface area contributed by atoms with E-state index in [0.717, 1.165) is 17.0 Å². The zero-order valence-electron chi connectivity index (χ0n) is 20.3. The number of likely N-dealkylation sites (tertiary alicyclic amines) is 1. The molecule has 3 amide bonds. The van der Waals surface area contributed by atoms with E-state index in [-0.39, 0.29) is 43.1 Å². The summed E-state index contributed by atoms with van der Waals surface area (Å²) in [7, 11) is 0. The predicted molar refractivity (Wildman–Crippen MR) is 125 cm³/mol. The van der Waals surface area contributed by atoms with Crippen molar-refractivity contribution in [3.05, 3.63) is 35.4 Å². The summed E-state index contributed by atoms with van der Waals surface area (Å²) in [5.74, 6) is -3.88. The minimum absolute atomic E-state index is 0.0430. The van der Waals surface area contributed by atoms with Crippen molar-refractivity contribution < 1.29 is 33.1 Å². The molecule has 3 aliphatic heterocycles. The first-order valence-electron chi connectivity index (χ1n) is 12.4. The van der Waals surface area contributed by atoms with E-state index in [1.807, 2.05) is 0 Å². The summed E-state index contributed by atoms with van der Waals surface area (Å²) in [5.41, 5.74) is -1.12. The van der Waals surface area contributed by atoms with Gasteiger partial charge >= 0.3 is 6.09 Å². The number of carbonyl (C=O) groups is 4. The van der Waals surface area contributed by atoms with E-state index in [1.165, 1.54) is 6.07 Å². The maximum Gasteiger partial charge on any atom is 0.408 e. The van der Waals surface area contributed by atoms with Crippen LogP contribution in [0, 0.1) is 23.5 Å². The summed E-state index contributed by atoms with van der Waals surface area (Å²) in [6.07, 6.45) is 0.321. The Bertz CT molecular complexity index is 1040. The average molecular weight is 507 g/mol. The molecule has 0 aromatic heterocycles. The van der Waals surface area contributed by atoms with Crippen molar-refractivity contribution >= 4 is 23.7 Å². The van der Waals surface area contributed by atoms with Crippen molar-refractivity contribution in [3.8, 4) is 0 Å². The van der Waals surface area contributed by atoms with Gasteiger partial charge in [-0.2, -0.15) is 0 Å². The lowest BCUT2D eigenvalue weighted by Gasteiger charge is -2.45. The van der Waals surface area contributed by atoms with Crippen LogP contribution in [-0.2, 0) is 14.4 Å². The Morgan fingerprint density at radius 1 is 1.11 bits per heavy atom. The molecule has 3 atom stereocenters. The molecule has 9 nitrogen and oxygen atoms in total. The van der Waals surface area contributed by atoms with Crippen LogP contribution >= 0.6 is 0 Å². The Morgan fingerprint density at radius 2 is 1.83 bits per heavy atom. The molecule has 1 unspecified atom stereocenters. The van der Waals surface area contributed by atoms with Crippen LogP contribution in [0.1, 0.15) is 44.1 Å². The fourth-order valence-corrected chi connectivity index (χ4v) is 6.00. The van der Waals surface area contributed by atoms with Crippen LogP contribution in [0.15, 0.2) is 18.2 Å². The number of rotatable bonds is 6. The fourth-order valence-electron chi connectivity index (χ4n) is 6.00. The molecule has 3 saturated heterocycles. The summed E-state index contributed by atoms with van der Waals surface area (Å²) in [6.45, 7) is 3.03. The van der Waals surface area contributed by atoms with Crippen molar-refractivity contribution in [2.75, 3.05) is 39.3 Å². The van der Waals surface area contributed by atoms with E-state index in [4.69, 9.17) is 0 Å². The molecule has 0 bridgehead atoms. The molecule has 1 aromatic carbocycles. The third kappa shape index (κ3) is 4.68. The minimum atomic E-state index is -1.48. The predicted octanol–water partition coefficient (Wildman–Crippen LogP) is 1.72. The molecule has 0 spiro atoms. The number of hydrogen-bond acceptors (Lipinski definition) is 5. The largest absolute Gasteiger partial charge is 0.465 e. The highest BCUT2D eigenvalue weighted by atomic mass is 19.2. The number of Topliss-reactive ketones (excluding diaryl/α,β-unsaturated/α-hetero) is 1. The molecular weight excluding hydrogens is 474 g/mol. The Kier molecular flexibility index (Phi) is 7.58. The van der Waals surface area contributed by atoms with Gasteiger partial charge in [0, 0.05) is 57.5 Å². The van der Waals surface area contributed by atoms with Gasteiger partial charge in [-0.1, -0.05) is 6.07 Å². The lowest BCUT2D eigenvalue weighted by molar-refractivity contribution is -0.143.